The molecule has 1 atom stereocenters. The molecule has 1 heterocycles. The first-order chi connectivity index (χ1) is 9.52. The van der Waals surface area contributed by atoms with E-state index in [0.717, 1.165) is 11.1 Å². The highest BCUT2D eigenvalue weighted by molar-refractivity contribution is 7.09. The number of halogens is 1. The Kier molecular flexibility index (Phi) is 4.19. The van der Waals surface area contributed by atoms with Gasteiger partial charge in [0.2, 0.25) is 0 Å². The smallest absolute Gasteiger partial charge is 0.337 e. The molecule has 4 N–H and O–H groups in total. The number of nitrogens with one attached hydrogen (secondary N) is 1. The number of hydrogen-bond acceptors (Lipinski definition) is 5. The summed E-state index contributed by atoms with van der Waals surface area (Å²) in [5, 5.41) is 14.6. The Morgan fingerprint density at radius 2 is 2.35 bits per heavy atom. The highest BCUT2D eigenvalue weighted by atomic mass is 32.1. The van der Waals surface area contributed by atoms with E-state index < -0.39 is 11.8 Å². The molecule has 0 fully saturated rings. The molecule has 5 nitrogen and oxygen atoms in total. The minimum Gasteiger partial charge on any atom is -0.478 e. The van der Waals surface area contributed by atoms with Gasteiger partial charge in [-0.1, -0.05) is 6.92 Å². The molecule has 0 saturated carbocycles. The molecule has 20 heavy (non-hydrogen) atoms. The summed E-state index contributed by atoms with van der Waals surface area (Å²) in [4.78, 5) is 15.2. The van der Waals surface area contributed by atoms with E-state index in [-0.39, 0.29) is 23.0 Å². The van der Waals surface area contributed by atoms with Crippen LogP contribution in [0.5, 0.6) is 0 Å². The van der Waals surface area contributed by atoms with Crippen molar-refractivity contribution < 1.29 is 14.3 Å². The fourth-order valence-corrected chi connectivity index (χ4v) is 2.59. The monoisotopic (exact) mass is 295 g/mol. The first-order valence-corrected chi connectivity index (χ1v) is 6.89. The Balaban J connectivity index is 2.33. The molecule has 2 rings (SSSR count). The molecule has 106 valence electrons. The predicted octanol–water partition coefficient (Wildman–Crippen LogP) is 3.13. The van der Waals surface area contributed by atoms with E-state index in [2.05, 4.69) is 10.3 Å². The summed E-state index contributed by atoms with van der Waals surface area (Å²) < 4.78 is 13.9. The molecule has 0 aliphatic rings. The number of thiazole rings is 1. The van der Waals surface area contributed by atoms with Crippen LogP contribution in [0.4, 0.5) is 15.8 Å². The number of nitrogens with two attached hydrogens (primary N) is 1. The Morgan fingerprint density at radius 1 is 1.60 bits per heavy atom. The van der Waals surface area contributed by atoms with Crippen LogP contribution in [0.3, 0.4) is 0 Å². The van der Waals surface area contributed by atoms with E-state index in [1.807, 2.05) is 12.3 Å². The average Bonchev–Trinajstić information content (AvgIpc) is 2.91. The zero-order valence-corrected chi connectivity index (χ0v) is 11.6. The molecule has 0 saturated heterocycles. The molecule has 7 heteroatoms. The number of nitrogen functional groups attached to an aromatic ring is 1. The van der Waals surface area contributed by atoms with E-state index in [0.29, 0.717) is 6.42 Å². The van der Waals surface area contributed by atoms with Crippen LogP contribution < -0.4 is 11.1 Å². The normalized spacial score (nSPS) is 12.1. The number of hydrogen-bond donors (Lipinski definition) is 3. The summed E-state index contributed by atoms with van der Waals surface area (Å²) in [5.74, 6) is -1.77. The van der Waals surface area contributed by atoms with Crippen molar-refractivity contribution >= 4 is 28.7 Å². The first-order valence-electron chi connectivity index (χ1n) is 6.01. The molecule has 1 unspecified atom stereocenters. The predicted molar refractivity (Wildman–Crippen MR) is 76.5 cm³/mol. The molecule has 1 aromatic heterocycles. The van der Waals surface area contributed by atoms with Gasteiger partial charge in [0, 0.05) is 17.3 Å². The molecule has 0 amide bonds. The number of nitrogens with zero attached hydrogens (tertiary/aromatic N) is 1. The lowest BCUT2D eigenvalue weighted by Crippen LogP contribution is -2.12. The van der Waals surface area contributed by atoms with Crippen molar-refractivity contribution in [1.82, 2.24) is 4.98 Å². The Labute approximate surface area is 119 Å². The largest absolute Gasteiger partial charge is 0.478 e. The average molecular weight is 295 g/mol. The number of carbonyl (C=O) groups is 1. The number of anilines is 2. The van der Waals surface area contributed by atoms with Crippen molar-refractivity contribution in [3.63, 3.8) is 0 Å². The molecule has 0 aliphatic heterocycles. The third-order valence-corrected chi connectivity index (χ3v) is 3.75. The summed E-state index contributed by atoms with van der Waals surface area (Å²) in [6, 6.07) is 2.05. The molecule has 1 aromatic carbocycles. The molecule has 0 spiro atoms. The number of benzene rings is 1. The van der Waals surface area contributed by atoms with Gasteiger partial charge < -0.3 is 16.2 Å². The van der Waals surface area contributed by atoms with E-state index >= 15 is 0 Å². The van der Waals surface area contributed by atoms with Gasteiger partial charge in [0.05, 0.1) is 17.3 Å². The second-order valence-corrected chi connectivity index (χ2v) is 5.13. The number of rotatable bonds is 5. The second kappa shape index (κ2) is 5.87. The minimum absolute atomic E-state index is 0.0946. The van der Waals surface area contributed by atoms with Crippen LogP contribution in [-0.4, -0.2) is 16.1 Å². The Hall–Kier alpha value is -2.15. The van der Waals surface area contributed by atoms with E-state index in [1.54, 1.807) is 6.20 Å². The number of aromatic nitrogens is 1. The third kappa shape index (κ3) is 2.88. The van der Waals surface area contributed by atoms with E-state index in [1.165, 1.54) is 17.4 Å². The van der Waals surface area contributed by atoms with Crippen molar-refractivity contribution in [2.24, 2.45) is 0 Å². The highest BCUT2D eigenvalue weighted by Crippen LogP contribution is 2.28. The minimum atomic E-state index is -1.19. The Morgan fingerprint density at radius 3 is 2.90 bits per heavy atom. The summed E-state index contributed by atoms with van der Waals surface area (Å²) >= 11 is 1.46. The topological polar surface area (TPSA) is 88.2 Å². The van der Waals surface area contributed by atoms with Crippen molar-refractivity contribution in [2.75, 3.05) is 11.1 Å². The lowest BCUT2D eigenvalue weighted by molar-refractivity contribution is 0.0698. The van der Waals surface area contributed by atoms with Gasteiger partial charge >= 0.3 is 5.97 Å². The van der Waals surface area contributed by atoms with Gasteiger partial charge in [-0.3, -0.25) is 0 Å². The third-order valence-electron chi connectivity index (χ3n) is 2.86. The van der Waals surface area contributed by atoms with Gasteiger partial charge in [0.15, 0.2) is 0 Å². The first kappa shape index (κ1) is 14.3. The number of aromatic carboxylic acids is 1. The van der Waals surface area contributed by atoms with Gasteiger partial charge in [-0.15, -0.1) is 11.3 Å². The maximum absolute atomic E-state index is 13.9. The zero-order chi connectivity index (χ0) is 14.7. The summed E-state index contributed by atoms with van der Waals surface area (Å²) in [6.45, 7) is 1.94. The van der Waals surface area contributed by atoms with Gasteiger partial charge in [0.1, 0.15) is 10.8 Å². The maximum Gasteiger partial charge on any atom is 0.337 e. The standard InChI is InChI=1S/C13H14FN3O2S/c1-2-10(12-16-3-4-20-12)17-11-5-7(13(18)19)9(15)6-8(11)14/h3-6,10,17H,2,15H2,1H3,(H,18,19). The second-order valence-electron chi connectivity index (χ2n) is 4.20. The molecular weight excluding hydrogens is 281 g/mol. The molecule has 0 aliphatic carbocycles. The van der Waals surface area contributed by atoms with Crippen molar-refractivity contribution in [3.8, 4) is 0 Å². The molecule has 2 aromatic rings. The van der Waals surface area contributed by atoms with Gasteiger partial charge in [-0.05, 0) is 18.6 Å². The summed E-state index contributed by atoms with van der Waals surface area (Å²) in [7, 11) is 0. The quantitative estimate of drug-likeness (QED) is 0.738. The molecular formula is C13H14FN3O2S. The van der Waals surface area contributed by atoms with E-state index in [9.17, 15) is 9.18 Å². The van der Waals surface area contributed by atoms with Crippen LogP contribution in [-0.2, 0) is 0 Å². The Bertz CT molecular complexity index is 616. The van der Waals surface area contributed by atoms with Gasteiger partial charge in [-0.25, -0.2) is 14.2 Å². The summed E-state index contributed by atoms with van der Waals surface area (Å²) in [5.41, 5.74) is 5.38. The van der Waals surface area contributed by atoms with Crippen LogP contribution >= 0.6 is 11.3 Å². The van der Waals surface area contributed by atoms with Crippen LogP contribution in [0.25, 0.3) is 0 Å². The maximum atomic E-state index is 13.9. The van der Waals surface area contributed by atoms with Crippen molar-refractivity contribution in [2.45, 2.75) is 19.4 Å². The molecule has 0 bridgehead atoms. The fraction of sp³-hybridized carbons (Fsp3) is 0.231. The van der Waals surface area contributed by atoms with E-state index in [4.69, 9.17) is 10.8 Å². The SMILES string of the molecule is CCC(Nc1cc(C(=O)O)c(N)cc1F)c1nccs1. The van der Waals surface area contributed by atoms with Crippen LogP contribution in [0.2, 0.25) is 0 Å². The van der Waals surface area contributed by atoms with Gasteiger partial charge in [-0.2, -0.15) is 0 Å². The van der Waals surface area contributed by atoms with Gasteiger partial charge in [0.25, 0.3) is 0 Å². The summed E-state index contributed by atoms with van der Waals surface area (Å²) in [6.07, 6.45) is 2.37. The lowest BCUT2D eigenvalue weighted by atomic mass is 10.1. The van der Waals surface area contributed by atoms with Crippen LogP contribution in [0, 0.1) is 5.82 Å². The fourth-order valence-electron chi connectivity index (χ4n) is 1.82. The highest BCUT2D eigenvalue weighted by Gasteiger charge is 2.17. The molecule has 0 radical (unpaired) electrons. The number of carboxylic acids is 1. The van der Waals surface area contributed by atoms with Crippen LogP contribution in [0.15, 0.2) is 23.7 Å². The lowest BCUT2D eigenvalue weighted by Gasteiger charge is -2.17. The van der Waals surface area contributed by atoms with Crippen molar-refractivity contribution in [1.29, 1.82) is 0 Å². The van der Waals surface area contributed by atoms with Crippen molar-refractivity contribution in [3.05, 3.63) is 40.1 Å². The number of carboxylic acid groups (broad SMARTS) is 1. The zero-order valence-electron chi connectivity index (χ0n) is 10.8. The van der Waals surface area contributed by atoms with Crippen LogP contribution in [0.1, 0.15) is 34.8 Å².